The number of hydrogen-bond donors (Lipinski definition) is 1. The number of thiazole rings is 1. The largest absolute Gasteiger partial charge is 0.457 e. The van der Waals surface area contributed by atoms with E-state index in [9.17, 15) is 18.0 Å². The third kappa shape index (κ3) is 7.39. The Hall–Kier alpha value is -2.21. The molecule has 0 spiro atoms. The van der Waals surface area contributed by atoms with Crippen LogP contribution in [0.5, 0.6) is 5.19 Å². The maximum atomic E-state index is 12.8. The van der Waals surface area contributed by atoms with Gasteiger partial charge >= 0.3 is 6.18 Å². The number of aromatic nitrogens is 4. The van der Waals surface area contributed by atoms with E-state index in [1.165, 1.54) is 16.1 Å². The first-order chi connectivity index (χ1) is 16.7. The predicted octanol–water partition coefficient (Wildman–Crippen LogP) is 3.31. The highest BCUT2D eigenvalue weighted by Gasteiger charge is 2.39. The van der Waals surface area contributed by atoms with Crippen molar-refractivity contribution in [2.75, 3.05) is 19.6 Å². The molecule has 0 radical (unpaired) electrons. The number of rotatable bonds is 8. The van der Waals surface area contributed by atoms with Crippen LogP contribution in [0.1, 0.15) is 55.3 Å². The summed E-state index contributed by atoms with van der Waals surface area (Å²) in [6.45, 7) is 3.77. The summed E-state index contributed by atoms with van der Waals surface area (Å²) in [6.07, 6.45) is 2.51. The normalized spacial score (nSPS) is 22.3. The van der Waals surface area contributed by atoms with Gasteiger partial charge in [0.05, 0.1) is 24.0 Å². The van der Waals surface area contributed by atoms with Gasteiger partial charge in [0.15, 0.2) is 6.10 Å². The number of carbonyl (C=O) groups is 1. The molecule has 3 heterocycles. The fourth-order valence-electron chi connectivity index (χ4n) is 4.75. The standard InChI is InChI=1S/C23H33F3N6O2S/c1-15(23(24,25)26)34-22-29-19-8-11-32(12-9-20(19)35-22)10-7-16-3-5-17(6-4-16)28-21(33)13-18-14-27-31(2)30-18/h14-17H,3-13H2,1-2H3,(H,28,33)/t15-,16-,17-/m0/s1. The first-order valence-corrected chi connectivity index (χ1v) is 13.1. The van der Waals surface area contributed by atoms with Crippen molar-refractivity contribution >= 4 is 17.2 Å². The summed E-state index contributed by atoms with van der Waals surface area (Å²) in [5, 5.41) is 11.4. The first kappa shape index (κ1) is 25.9. The summed E-state index contributed by atoms with van der Waals surface area (Å²) in [5.74, 6) is 0.656. The topological polar surface area (TPSA) is 85.2 Å². The summed E-state index contributed by atoms with van der Waals surface area (Å²) >= 11 is 1.24. The van der Waals surface area contributed by atoms with Crippen molar-refractivity contribution in [3.8, 4) is 5.19 Å². The van der Waals surface area contributed by atoms with Gasteiger partial charge in [-0.05, 0) is 57.9 Å². The molecule has 1 aliphatic heterocycles. The molecule has 1 saturated carbocycles. The van der Waals surface area contributed by atoms with Crippen LogP contribution in [0.4, 0.5) is 13.2 Å². The number of alkyl halides is 3. The van der Waals surface area contributed by atoms with E-state index in [1.807, 2.05) is 0 Å². The predicted molar refractivity (Wildman–Crippen MR) is 125 cm³/mol. The summed E-state index contributed by atoms with van der Waals surface area (Å²) < 4.78 is 43.3. The zero-order chi connectivity index (χ0) is 25.0. The molecular weight excluding hydrogens is 481 g/mol. The van der Waals surface area contributed by atoms with Crippen molar-refractivity contribution in [1.82, 2.24) is 30.2 Å². The van der Waals surface area contributed by atoms with Crippen molar-refractivity contribution in [2.24, 2.45) is 13.0 Å². The monoisotopic (exact) mass is 514 g/mol. The van der Waals surface area contributed by atoms with E-state index in [1.54, 1.807) is 13.2 Å². The molecule has 2 aromatic rings. The third-order valence-corrected chi connectivity index (χ3v) is 7.92. The molecule has 12 heteroatoms. The number of hydrogen-bond acceptors (Lipinski definition) is 7. The van der Waals surface area contributed by atoms with E-state index in [0.717, 1.165) is 82.1 Å². The Balaban J connectivity index is 1.14. The van der Waals surface area contributed by atoms with E-state index in [2.05, 4.69) is 25.4 Å². The Labute approximate surface area is 207 Å². The smallest absolute Gasteiger partial charge is 0.425 e. The molecule has 1 amide bonds. The SMILES string of the molecule is C[C@H](Oc1nc2c(s1)CCN(CC[C@H]1CC[C@H](NC(=O)Cc3cnn(C)n3)CC1)CC2)C(F)(F)F. The van der Waals surface area contributed by atoms with Crippen molar-refractivity contribution in [1.29, 1.82) is 0 Å². The second kappa shape index (κ2) is 11.2. The van der Waals surface area contributed by atoms with Crippen LogP contribution < -0.4 is 10.1 Å². The van der Waals surface area contributed by atoms with E-state index < -0.39 is 12.3 Å². The second-order valence-corrected chi connectivity index (χ2v) is 10.6. The van der Waals surface area contributed by atoms with Crippen LogP contribution in [0, 0.1) is 5.92 Å². The molecule has 2 aliphatic rings. The molecule has 0 aromatic carbocycles. The van der Waals surface area contributed by atoms with Crippen molar-refractivity contribution in [3.63, 3.8) is 0 Å². The minimum absolute atomic E-state index is 0.000940. The highest BCUT2D eigenvalue weighted by molar-refractivity contribution is 7.13. The Bertz CT molecular complexity index is 961. The fourth-order valence-corrected chi connectivity index (χ4v) is 5.77. The van der Waals surface area contributed by atoms with Crippen LogP contribution in [0.2, 0.25) is 0 Å². The summed E-state index contributed by atoms with van der Waals surface area (Å²) in [5.41, 5.74) is 1.56. The number of amides is 1. The van der Waals surface area contributed by atoms with Gasteiger partial charge in [0.2, 0.25) is 5.91 Å². The van der Waals surface area contributed by atoms with Crippen LogP contribution in [0.15, 0.2) is 6.20 Å². The number of nitrogens with one attached hydrogen (secondary N) is 1. The van der Waals surface area contributed by atoms with Crippen LogP contribution >= 0.6 is 11.3 Å². The summed E-state index contributed by atoms with van der Waals surface area (Å²) in [6, 6.07) is 0.229. The van der Waals surface area contributed by atoms with Crippen LogP contribution in [-0.4, -0.2) is 68.7 Å². The number of ether oxygens (including phenoxy) is 1. The minimum atomic E-state index is -4.39. The molecule has 0 saturated heterocycles. The molecule has 0 unspecified atom stereocenters. The van der Waals surface area contributed by atoms with Crippen LogP contribution in [-0.2, 0) is 31.1 Å². The second-order valence-electron chi connectivity index (χ2n) is 9.57. The molecule has 4 rings (SSSR count). The minimum Gasteiger partial charge on any atom is -0.457 e. The van der Waals surface area contributed by atoms with Crippen molar-refractivity contribution in [3.05, 3.63) is 22.5 Å². The quantitative estimate of drug-likeness (QED) is 0.582. The van der Waals surface area contributed by atoms with Gasteiger partial charge in [0, 0.05) is 37.5 Å². The Morgan fingerprint density at radius 3 is 2.69 bits per heavy atom. The van der Waals surface area contributed by atoms with Gasteiger partial charge in [-0.1, -0.05) is 11.3 Å². The molecular formula is C23H33F3N6O2S. The maximum absolute atomic E-state index is 12.8. The van der Waals surface area contributed by atoms with E-state index >= 15 is 0 Å². The molecule has 1 aliphatic carbocycles. The van der Waals surface area contributed by atoms with Crippen molar-refractivity contribution < 1.29 is 22.7 Å². The number of aryl methyl sites for hydroxylation is 1. The van der Waals surface area contributed by atoms with Gasteiger partial charge < -0.3 is 15.0 Å². The summed E-state index contributed by atoms with van der Waals surface area (Å²) in [7, 11) is 1.73. The molecule has 1 fully saturated rings. The van der Waals surface area contributed by atoms with Crippen LogP contribution in [0.3, 0.4) is 0 Å². The number of carbonyl (C=O) groups excluding carboxylic acids is 1. The van der Waals surface area contributed by atoms with Gasteiger partial charge in [-0.2, -0.15) is 28.2 Å². The van der Waals surface area contributed by atoms with Gasteiger partial charge in [-0.15, -0.1) is 0 Å². The molecule has 1 atom stereocenters. The highest BCUT2D eigenvalue weighted by atomic mass is 32.1. The lowest BCUT2D eigenvalue weighted by atomic mass is 9.84. The molecule has 194 valence electrons. The third-order valence-electron chi connectivity index (χ3n) is 6.87. The van der Waals surface area contributed by atoms with E-state index in [-0.39, 0.29) is 23.6 Å². The highest BCUT2D eigenvalue weighted by Crippen LogP contribution is 2.32. The lowest BCUT2D eigenvalue weighted by Gasteiger charge is -2.30. The number of fused-ring (bicyclic) bond motifs is 1. The Kier molecular flexibility index (Phi) is 8.31. The zero-order valence-corrected chi connectivity index (χ0v) is 21.0. The van der Waals surface area contributed by atoms with Crippen molar-refractivity contribution in [2.45, 2.75) is 76.6 Å². The first-order valence-electron chi connectivity index (χ1n) is 12.2. The maximum Gasteiger partial charge on any atom is 0.425 e. The van der Waals surface area contributed by atoms with E-state index in [4.69, 9.17) is 4.74 Å². The van der Waals surface area contributed by atoms with Gasteiger partial charge in [-0.3, -0.25) is 4.79 Å². The molecule has 1 N–H and O–H groups in total. The Morgan fingerprint density at radius 1 is 1.26 bits per heavy atom. The number of halogens is 3. The molecule has 2 aromatic heterocycles. The lowest BCUT2D eigenvalue weighted by molar-refractivity contribution is -0.189. The van der Waals surface area contributed by atoms with E-state index in [0.29, 0.717) is 11.6 Å². The average Bonchev–Trinajstić information content (AvgIpc) is 3.33. The molecule has 8 nitrogen and oxygen atoms in total. The van der Waals surface area contributed by atoms with Gasteiger partial charge in [0.1, 0.15) is 0 Å². The van der Waals surface area contributed by atoms with Gasteiger partial charge in [0.25, 0.3) is 5.19 Å². The molecule has 0 bridgehead atoms. The van der Waals surface area contributed by atoms with Gasteiger partial charge in [-0.25, -0.2) is 4.98 Å². The zero-order valence-electron chi connectivity index (χ0n) is 20.2. The fraction of sp³-hybridized carbons (Fsp3) is 0.739. The average molecular weight is 515 g/mol. The van der Waals surface area contributed by atoms with Crippen LogP contribution in [0.25, 0.3) is 0 Å². The Morgan fingerprint density at radius 2 is 2.00 bits per heavy atom. The molecule has 35 heavy (non-hydrogen) atoms. The summed E-state index contributed by atoms with van der Waals surface area (Å²) in [4.78, 5) is 21.5. The lowest BCUT2D eigenvalue weighted by Crippen LogP contribution is -2.39. The number of nitrogens with zero attached hydrogens (tertiary/aromatic N) is 5.